The summed E-state index contributed by atoms with van der Waals surface area (Å²) >= 11 is 0. The lowest BCUT2D eigenvalue weighted by Gasteiger charge is -1.96. The van der Waals surface area contributed by atoms with Crippen LogP contribution in [0.15, 0.2) is 16.5 Å². The SMILES string of the molecule is Nc1ccc(CNCC(=O)O)o1. The van der Waals surface area contributed by atoms with Gasteiger partial charge in [-0.3, -0.25) is 10.1 Å². The Kier molecular flexibility index (Phi) is 2.71. The molecule has 66 valence electrons. The van der Waals surface area contributed by atoms with Gasteiger partial charge in [0, 0.05) is 6.07 Å². The summed E-state index contributed by atoms with van der Waals surface area (Å²) in [6.45, 7) is 0.296. The molecule has 1 heterocycles. The predicted octanol–water partition coefficient (Wildman–Crippen LogP) is 0.0360. The van der Waals surface area contributed by atoms with E-state index in [1.54, 1.807) is 12.1 Å². The van der Waals surface area contributed by atoms with Crippen LogP contribution in [0.1, 0.15) is 5.76 Å². The highest BCUT2D eigenvalue weighted by Gasteiger charge is 1.99. The van der Waals surface area contributed by atoms with E-state index in [1.165, 1.54) is 0 Å². The first-order chi connectivity index (χ1) is 5.68. The maximum absolute atomic E-state index is 10.1. The van der Waals surface area contributed by atoms with Crippen LogP contribution < -0.4 is 11.1 Å². The Morgan fingerprint density at radius 1 is 1.67 bits per heavy atom. The largest absolute Gasteiger partial charge is 0.480 e. The number of carbonyl (C=O) groups is 1. The molecule has 0 aromatic carbocycles. The molecule has 0 atom stereocenters. The minimum Gasteiger partial charge on any atom is -0.480 e. The minimum absolute atomic E-state index is 0.0827. The van der Waals surface area contributed by atoms with Gasteiger partial charge in [-0.1, -0.05) is 0 Å². The predicted molar refractivity (Wildman–Crippen MR) is 42.5 cm³/mol. The van der Waals surface area contributed by atoms with Crippen LogP contribution in [0.25, 0.3) is 0 Å². The number of hydrogen-bond donors (Lipinski definition) is 3. The lowest BCUT2D eigenvalue weighted by molar-refractivity contribution is -0.136. The van der Waals surface area contributed by atoms with E-state index >= 15 is 0 Å². The van der Waals surface area contributed by atoms with Gasteiger partial charge in [0.25, 0.3) is 0 Å². The lowest BCUT2D eigenvalue weighted by atomic mass is 10.4. The van der Waals surface area contributed by atoms with Crippen LogP contribution in [0.2, 0.25) is 0 Å². The molecule has 0 aliphatic carbocycles. The third-order valence-corrected chi connectivity index (χ3v) is 1.26. The average Bonchev–Trinajstić information content (AvgIpc) is 2.35. The fraction of sp³-hybridized carbons (Fsp3) is 0.286. The van der Waals surface area contributed by atoms with Gasteiger partial charge < -0.3 is 15.3 Å². The van der Waals surface area contributed by atoms with E-state index in [2.05, 4.69) is 5.32 Å². The van der Waals surface area contributed by atoms with Crippen molar-refractivity contribution in [3.8, 4) is 0 Å². The van der Waals surface area contributed by atoms with Crippen molar-refractivity contribution in [1.29, 1.82) is 0 Å². The van der Waals surface area contributed by atoms with Crippen LogP contribution in [0.4, 0.5) is 5.88 Å². The molecule has 0 saturated heterocycles. The zero-order chi connectivity index (χ0) is 8.97. The maximum Gasteiger partial charge on any atom is 0.317 e. The van der Waals surface area contributed by atoms with Crippen LogP contribution in [0, 0.1) is 0 Å². The van der Waals surface area contributed by atoms with Crippen molar-refractivity contribution in [3.05, 3.63) is 17.9 Å². The van der Waals surface area contributed by atoms with Crippen molar-refractivity contribution < 1.29 is 14.3 Å². The van der Waals surface area contributed by atoms with E-state index in [0.29, 0.717) is 18.2 Å². The molecule has 0 aliphatic rings. The number of hydrogen-bond acceptors (Lipinski definition) is 4. The first-order valence-corrected chi connectivity index (χ1v) is 3.45. The van der Waals surface area contributed by atoms with Gasteiger partial charge in [0.1, 0.15) is 5.76 Å². The molecule has 1 rings (SSSR count). The van der Waals surface area contributed by atoms with Crippen LogP contribution in [0.3, 0.4) is 0 Å². The summed E-state index contributed by atoms with van der Waals surface area (Å²) in [6.07, 6.45) is 0. The summed E-state index contributed by atoms with van der Waals surface area (Å²) < 4.78 is 4.99. The topological polar surface area (TPSA) is 88.5 Å². The molecule has 0 spiro atoms. The smallest absolute Gasteiger partial charge is 0.317 e. The van der Waals surface area contributed by atoms with Crippen LogP contribution in [0.5, 0.6) is 0 Å². The number of carboxylic acid groups (broad SMARTS) is 1. The highest BCUT2D eigenvalue weighted by molar-refractivity contribution is 5.68. The molecule has 1 aromatic rings. The first kappa shape index (κ1) is 8.61. The van der Waals surface area contributed by atoms with E-state index in [-0.39, 0.29) is 6.54 Å². The van der Waals surface area contributed by atoms with E-state index < -0.39 is 5.97 Å². The molecule has 0 amide bonds. The summed E-state index contributed by atoms with van der Waals surface area (Å²) in [5, 5.41) is 10.9. The Morgan fingerprint density at radius 3 is 2.92 bits per heavy atom. The lowest BCUT2D eigenvalue weighted by Crippen LogP contribution is -2.21. The van der Waals surface area contributed by atoms with Gasteiger partial charge >= 0.3 is 5.97 Å². The fourth-order valence-corrected chi connectivity index (χ4v) is 0.782. The van der Waals surface area contributed by atoms with E-state index in [1.807, 2.05) is 0 Å². The molecule has 4 N–H and O–H groups in total. The number of nitrogens with one attached hydrogen (secondary N) is 1. The molecule has 5 nitrogen and oxygen atoms in total. The average molecular weight is 170 g/mol. The van der Waals surface area contributed by atoms with Gasteiger partial charge in [-0.25, -0.2) is 0 Å². The van der Waals surface area contributed by atoms with Gasteiger partial charge in [-0.15, -0.1) is 0 Å². The van der Waals surface area contributed by atoms with Gasteiger partial charge in [0.2, 0.25) is 0 Å². The molecular formula is C7H10N2O3. The van der Waals surface area contributed by atoms with Gasteiger partial charge in [0.05, 0.1) is 13.1 Å². The summed E-state index contributed by atoms with van der Waals surface area (Å²) in [7, 11) is 0. The molecule has 0 bridgehead atoms. The third-order valence-electron chi connectivity index (χ3n) is 1.26. The summed E-state index contributed by atoms with van der Waals surface area (Å²) in [4.78, 5) is 10.1. The Morgan fingerprint density at radius 2 is 2.42 bits per heavy atom. The van der Waals surface area contributed by atoms with Crippen LogP contribution in [-0.4, -0.2) is 17.6 Å². The molecule has 0 unspecified atom stereocenters. The standard InChI is InChI=1S/C7H10N2O3/c8-6-2-1-5(12-6)3-9-4-7(10)11/h1-2,9H,3-4,8H2,(H,10,11). The van der Waals surface area contributed by atoms with Gasteiger partial charge in [0.15, 0.2) is 5.88 Å². The molecule has 0 radical (unpaired) electrons. The monoisotopic (exact) mass is 170 g/mol. The number of rotatable bonds is 4. The Balaban J connectivity index is 2.29. The van der Waals surface area contributed by atoms with Crippen molar-refractivity contribution in [2.24, 2.45) is 0 Å². The zero-order valence-corrected chi connectivity index (χ0v) is 6.41. The number of anilines is 1. The van der Waals surface area contributed by atoms with Crippen LogP contribution in [-0.2, 0) is 11.3 Å². The molecule has 0 saturated carbocycles. The second-order valence-corrected chi connectivity index (χ2v) is 2.30. The quantitative estimate of drug-likeness (QED) is 0.593. The minimum atomic E-state index is -0.894. The van der Waals surface area contributed by atoms with E-state index in [9.17, 15) is 4.79 Å². The molecule has 0 fully saturated rings. The number of nitrogens with two attached hydrogens (primary N) is 1. The zero-order valence-electron chi connectivity index (χ0n) is 6.41. The van der Waals surface area contributed by atoms with Crippen molar-refractivity contribution in [3.63, 3.8) is 0 Å². The molecule has 0 aliphatic heterocycles. The van der Waals surface area contributed by atoms with E-state index in [4.69, 9.17) is 15.3 Å². The van der Waals surface area contributed by atoms with Crippen LogP contribution >= 0.6 is 0 Å². The Bertz CT molecular complexity index is 269. The van der Waals surface area contributed by atoms with Gasteiger partial charge in [-0.2, -0.15) is 0 Å². The van der Waals surface area contributed by atoms with Gasteiger partial charge in [-0.05, 0) is 6.07 Å². The number of carboxylic acids is 1. The Labute approximate surface area is 69.2 Å². The van der Waals surface area contributed by atoms with Crippen molar-refractivity contribution in [2.45, 2.75) is 6.54 Å². The highest BCUT2D eigenvalue weighted by atomic mass is 16.4. The summed E-state index contributed by atoms with van der Waals surface area (Å²) in [5.41, 5.74) is 5.30. The number of furan rings is 1. The van der Waals surface area contributed by atoms with E-state index in [0.717, 1.165) is 0 Å². The molecule has 12 heavy (non-hydrogen) atoms. The second-order valence-electron chi connectivity index (χ2n) is 2.30. The second kappa shape index (κ2) is 3.77. The summed E-state index contributed by atoms with van der Waals surface area (Å²) in [5.74, 6) is 0.0744. The Hall–Kier alpha value is -1.49. The number of aliphatic carboxylic acids is 1. The third kappa shape index (κ3) is 2.63. The molecule has 5 heteroatoms. The molecule has 1 aromatic heterocycles. The normalized spacial score (nSPS) is 10.0. The van der Waals surface area contributed by atoms with Crippen molar-refractivity contribution >= 4 is 11.9 Å². The molecular weight excluding hydrogens is 160 g/mol. The van der Waals surface area contributed by atoms with Crippen molar-refractivity contribution in [1.82, 2.24) is 5.32 Å². The maximum atomic E-state index is 10.1. The highest BCUT2D eigenvalue weighted by Crippen LogP contribution is 2.07. The fourth-order valence-electron chi connectivity index (χ4n) is 0.782. The first-order valence-electron chi connectivity index (χ1n) is 3.45. The number of nitrogen functional groups attached to an aromatic ring is 1. The van der Waals surface area contributed by atoms with Crippen molar-refractivity contribution in [2.75, 3.05) is 12.3 Å². The summed E-state index contributed by atoms with van der Waals surface area (Å²) in [6, 6.07) is 3.32.